The summed E-state index contributed by atoms with van der Waals surface area (Å²) in [6.45, 7) is 0.369. The first kappa shape index (κ1) is 25.4. The predicted molar refractivity (Wildman–Crippen MR) is 131 cm³/mol. The molecule has 0 aliphatic heterocycles. The van der Waals surface area contributed by atoms with E-state index in [0.717, 1.165) is 36.8 Å². The van der Waals surface area contributed by atoms with E-state index in [1.807, 2.05) is 24.3 Å². The van der Waals surface area contributed by atoms with Gasteiger partial charge in [0.2, 0.25) is 11.7 Å². The molecule has 0 saturated heterocycles. The molecule has 10 nitrogen and oxygen atoms in total. The molecular formula is C23H32N6O4S. The zero-order valence-electron chi connectivity index (χ0n) is 19.0. The summed E-state index contributed by atoms with van der Waals surface area (Å²) >= 11 is 1.26. The van der Waals surface area contributed by atoms with E-state index in [4.69, 9.17) is 11.1 Å². The Morgan fingerprint density at radius 2 is 1.88 bits per heavy atom. The fourth-order valence-electron chi connectivity index (χ4n) is 4.33. The third kappa shape index (κ3) is 7.41. The molecule has 1 fully saturated rings. The van der Waals surface area contributed by atoms with E-state index in [1.165, 1.54) is 11.3 Å². The standard InChI is InChI=1S/C23H32N6O4S/c24-22(25)26-12-6-10-16(19(30)21-28-15-9-4-5-11-18(15)34-21)27-20(31)17(29-23(32)33)13-14-7-2-1-3-8-14/h4-5,9,11,14,16-17,29H,1-3,6-8,10,12-13H2,(H,27,31)(H,32,33)(H4,24,25,26)/t16-,17-/m0/s1. The van der Waals surface area contributed by atoms with Crippen molar-refractivity contribution >= 4 is 45.3 Å². The Kier molecular flexibility index (Phi) is 9.20. The molecule has 1 aromatic carbocycles. The molecule has 11 heteroatoms. The Morgan fingerprint density at radius 3 is 2.56 bits per heavy atom. The molecule has 3 rings (SSSR count). The average Bonchev–Trinajstić information content (AvgIpc) is 3.24. The highest BCUT2D eigenvalue weighted by atomic mass is 32.1. The number of carboxylic acid groups (broad SMARTS) is 1. The number of carbonyl (C=O) groups excluding carboxylic acids is 2. The summed E-state index contributed by atoms with van der Waals surface area (Å²) in [6, 6.07) is 5.62. The number of thiazole rings is 1. The molecule has 0 unspecified atom stereocenters. The molecule has 184 valence electrons. The maximum Gasteiger partial charge on any atom is 0.405 e. The summed E-state index contributed by atoms with van der Waals surface area (Å²) in [6.07, 6.45) is 5.16. The first-order valence-corrected chi connectivity index (χ1v) is 12.4. The topological polar surface area (TPSA) is 170 Å². The molecule has 2 amide bonds. The van der Waals surface area contributed by atoms with Crippen molar-refractivity contribution in [2.45, 2.75) is 63.5 Å². The lowest BCUT2D eigenvalue weighted by Gasteiger charge is -2.27. The summed E-state index contributed by atoms with van der Waals surface area (Å²) in [5, 5.41) is 24.7. The van der Waals surface area contributed by atoms with Gasteiger partial charge in [0.25, 0.3) is 0 Å². The van der Waals surface area contributed by atoms with Gasteiger partial charge < -0.3 is 26.8 Å². The number of hydrogen-bond donors (Lipinski definition) is 6. The van der Waals surface area contributed by atoms with Crippen LogP contribution in [0.4, 0.5) is 4.79 Å². The predicted octanol–water partition coefficient (Wildman–Crippen LogP) is 2.83. The molecule has 1 aromatic heterocycles. The third-order valence-electron chi connectivity index (χ3n) is 6.03. The van der Waals surface area contributed by atoms with Gasteiger partial charge in [0, 0.05) is 6.54 Å². The van der Waals surface area contributed by atoms with Crippen molar-refractivity contribution in [3.63, 3.8) is 0 Å². The van der Waals surface area contributed by atoms with E-state index >= 15 is 0 Å². The quantitative estimate of drug-likeness (QED) is 0.122. The van der Waals surface area contributed by atoms with E-state index in [9.17, 15) is 19.5 Å². The van der Waals surface area contributed by atoms with E-state index in [1.54, 1.807) is 0 Å². The average molecular weight is 489 g/mol. The minimum absolute atomic E-state index is 0.170. The lowest BCUT2D eigenvalue weighted by molar-refractivity contribution is -0.124. The van der Waals surface area contributed by atoms with Crippen molar-refractivity contribution < 1.29 is 19.5 Å². The van der Waals surface area contributed by atoms with Gasteiger partial charge in [0.05, 0.1) is 16.3 Å². The fourth-order valence-corrected chi connectivity index (χ4v) is 5.29. The molecule has 1 heterocycles. The molecule has 34 heavy (non-hydrogen) atoms. The second-order valence-corrected chi connectivity index (χ2v) is 9.67. The Morgan fingerprint density at radius 1 is 1.15 bits per heavy atom. The maximum atomic E-state index is 13.3. The number of para-hydroxylation sites is 1. The summed E-state index contributed by atoms with van der Waals surface area (Å²) in [4.78, 5) is 42.2. The van der Waals surface area contributed by atoms with Crippen LogP contribution in [0.5, 0.6) is 0 Å². The molecule has 2 aromatic rings. The number of ketones is 1. The number of carbonyl (C=O) groups is 3. The van der Waals surface area contributed by atoms with Crippen LogP contribution >= 0.6 is 11.3 Å². The highest BCUT2D eigenvalue weighted by molar-refractivity contribution is 7.20. The van der Waals surface area contributed by atoms with Gasteiger partial charge in [-0.3, -0.25) is 15.0 Å². The molecule has 7 N–H and O–H groups in total. The summed E-state index contributed by atoms with van der Waals surface area (Å²) < 4.78 is 0.872. The first-order valence-electron chi connectivity index (χ1n) is 11.6. The van der Waals surface area contributed by atoms with Crippen molar-refractivity contribution in [3.05, 3.63) is 29.3 Å². The second-order valence-electron chi connectivity index (χ2n) is 8.64. The number of fused-ring (bicyclic) bond motifs is 1. The Balaban J connectivity index is 1.74. The van der Waals surface area contributed by atoms with Crippen molar-refractivity contribution in [3.8, 4) is 0 Å². The summed E-state index contributed by atoms with van der Waals surface area (Å²) in [7, 11) is 0. The SMILES string of the molecule is N=C(N)NCCC[C@H](NC(=O)[C@H](CC1CCCCC1)NC(=O)O)C(=O)c1nc2ccccc2s1. The molecule has 2 atom stereocenters. The van der Waals surface area contributed by atoms with Gasteiger partial charge in [-0.25, -0.2) is 9.78 Å². The van der Waals surface area contributed by atoms with Gasteiger partial charge >= 0.3 is 6.09 Å². The van der Waals surface area contributed by atoms with Crippen molar-refractivity contribution in [2.24, 2.45) is 11.7 Å². The first-order chi connectivity index (χ1) is 16.3. The van der Waals surface area contributed by atoms with Crippen LogP contribution in [0.1, 0.15) is 61.2 Å². The molecule has 0 bridgehead atoms. The van der Waals surface area contributed by atoms with Gasteiger partial charge in [0.15, 0.2) is 11.0 Å². The van der Waals surface area contributed by atoms with Gasteiger partial charge in [0.1, 0.15) is 6.04 Å². The molecule has 1 aliphatic carbocycles. The fraction of sp³-hybridized carbons (Fsp3) is 0.522. The second kappa shape index (κ2) is 12.3. The Hall–Kier alpha value is -3.21. The van der Waals surface area contributed by atoms with Crippen LogP contribution in [0.2, 0.25) is 0 Å². The molecule has 1 aliphatic rings. The zero-order valence-corrected chi connectivity index (χ0v) is 19.8. The lowest BCUT2D eigenvalue weighted by Crippen LogP contribution is -2.52. The smallest absolute Gasteiger partial charge is 0.405 e. The number of amides is 2. The number of aromatic nitrogens is 1. The Labute approximate surface area is 202 Å². The van der Waals surface area contributed by atoms with Crippen LogP contribution in [0.25, 0.3) is 10.2 Å². The van der Waals surface area contributed by atoms with E-state index in [0.29, 0.717) is 36.3 Å². The normalized spacial score (nSPS) is 15.9. The summed E-state index contributed by atoms with van der Waals surface area (Å²) in [5.74, 6) is -0.720. The van der Waals surface area contributed by atoms with Crippen molar-refractivity contribution in [1.82, 2.24) is 20.9 Å². The maximum absolute atomic E-state index is 13.3. The number of hydrogen-bond acceptors (Lipinski definition) is 6. The van der Waals surface area contributed by atoms with Crippen molar-refractivity contribution in [2.75, 3.05) is 6.54 Å². The molecule has 1 saturated carbocycles. The van der Waals surface area contributed by atoms with E-state index < -0.39 is 24.1 Å². The van der Waals surface area contributed by atoms with Crippen molar-refractivity contribution in [1.29, 1.82) is 5.41 Å². The van der Waals surface area contributed by atoms with E-state index in [-0.39, 0.29) is 17.7 Å². The highest BCUT2D eigenvalue weighted by Gasteiger charge is 2.30. The van der Waals surface area contributed by atoms with Gasteiger partial charge in [-0.1, -0.05) is 44.2 Å². The minimum atomic E-state index is -1.27. The number of benzene rings is 1. The number of nitrogens with one attached hydrogen (secondary N) is 4. The van der Waals surface area contributed by atoms with Gasteiger partial charge in [-0.2, -0.15) is 0 Å². The number of guanidine groups is 1. The van der Waals surface area contributed by atoms with Gasteiger partial charge in [-0.15, -0.1) is 11.3 Å². The van der Waals surface area contributed by atoms with Crippen LogP contribution < -0.4 is 21.7 Å². The van der Waals surface area contributed by atoms with Gasteiger partial charge in [-0.05, 0) is 37.3 Å². The number of Topliss-reactive ketones (excluding diaryl/α,β-unsaturated/α-hetero) is 1. The van der Waals surface area contributed by atoms with Crippen LogP contribution in [0.15, 0.2) is 24.3 Å². The number of nitrogens with two attached hydrogens (primary N) is 1. The van der Waals surface area contributed by atoms with E-state index in [2.05, 4.69) is 20.9 Å². The zero-order chi connectivity index (χ0) is 24.5. The largest absolute Gasteiger partial charge is 0.465 e. The van der Waals surface area contributed by atoms with Crippen LogP contribution in [0.3, 0.4) is 0 Å². The lowest BCUT2D eigenvalue weighted by atomic mass is 9.84. The number of rotatable bonds is 11. The molecule has 0 radical (unpaired) electrons. The minimum Gasteiger partial charge on any atom is -0.465 e. The van der Waals surface area contributed by atoms with Crippen LogP contribution in [-0.4, -0.2) is 52.5 Å². The number of nitrogens with zero attached hydrogens (tertiary/aromatic N) is 1. The monoisotopic (exact) mass is 488 g/mol. The molecule has 0 spiro atoms. The highest BCUT2D eigenvalue weighted by Crippen LogP contribution is 2.28. The summed E-state index contributed by atoms with van der Waals surface area (Å²) in [5.41, 5.74) is 6.03. The van der Waals surface area contributed by atoms with Crippen LogP contribution in [-0.2, 0) is 4.79 Å². The van der Waals surface area contributed by atoms with Crippen LogP contribution in [0, 0.1) is 11.3 Å². The molecular weight excluding hydrogens is 456 g/mol. The Bertz CT molecular complexity index is 987. The third-order valence-corrected chi connectivity index (χ3v) is 7.08.